The molecule has 0 aromatic heterocycles. The number of nitrogens with two attached hydrogens (primary N) is 1. The van der Waals surface area contributed by atoms with Gasteiger partial charge in [0.15, 0.2) is 0 Å². The highest BCUT2D eigenvalue weighted by molar-refractivity contribution is 5.79. The third-order valence-electron chi connectivity index (χ3n) is 4.26. The van der Waals surface area contributed by atoms with E-state index in [4.69, 9.17) is 10.5 Å². The molecule has 0 spiro atoms. The van der Waals surface area contributed by atoms with Crippen LogP contribution in [0.2, 0.25) is 0 Å². The van der Waals surface area contributed by atoms with Crippen LogP contribution in [0.5, 0.6) is 0 Å². The molecule has 1 aliphatic carbocycles. The van der Waals surface area contributed by atoms with Crippen molar-refractivity contribution in [3.05, 3.63) is 0 Å². The highest BCUT2D eigenvalue weighted by atomic mass is 16.5. The van der Waals surface area contributed by atoms with Gasteiger partial charge in [-0.15, -0.1) is 0 Å². The summed E-state index contributed by atoms with van der Waals surface area (Å²) in [5, 5.41) is 0. The average molecular weight is 240 g/mol. The van der Waals surface area contributed by atoms with Gasteiger partial charge in [-0.3, -0.25) is 4.79 Å². The summed E-state index contributed by atoms with van der Waals surface area (Å²) in [4.78, 5) is 14.4. The monoisotopic (exact) mass is 240 g/mol. The van der Waals surface area contributed by atoms with E-state index in [-0.39, 0.29) is 18.1 Å². The van der Waals surface area contributed by atoms with Gasteiger partial charge in [0.25, 0.3) is 0 Å². The smallest absolute Gasteiger partial charge is 0.225 e. The number of rotatable bonds is 3. The van der Waals surface area contributed by atoms with Gasteiger partial charge in [0, 0.05) is 32.2 Å². The number of piperidine rings is 1. The molecule has 17 heavy (non-hydrogen) atoms. The molecule has 4 nitrogen and oxygen atoms in total. The number of hydrogen-bond acceptors (Lipinski definition) is 3. The summed E-state index contributed by atoms with van der Waals surface area (Å²) in [6, 6.07) is 0.182. The van der Waals surface area contributed by atoms with Crippen molar-refractivity contribution in [2.45, 2.75) is 50.7 Å². The molecule has 0 aromatic carbocycles. The quantitative estimate of drug-likeness (QED) is 0.805. The van der Waals surface area contributed by atoms with Gasteiger partial charge in [-0.25, -0.2) is 0 Å². The lowest BCUT2D eigenvalue weighted by Crippen LogP contribution is -2.52. The summed E-state index contributed by atoms with van der Waals surface area (Å²) in [5.74, 6) is 0.607. The molecule has 0 aromatic rings. The minimum absolute atomic E-state index is 0.182. The van der Waals surface area contributed by atoms with Gasteiger partial charge in [0.2, 0.25) is 5.91 Å². The summed E-state index contributed by atoms with van der Waals surface area (Å²) >= 11 is 0. The van der Waals surface area contributed by atoms with Crippen LogP contribution in [0.25, 0.3) is 0 Å². The fourth-order valence-corrected chi connectivity index (χ4v) is 3.15. The Morgan fingerprint density at radius 1 is 1.35 bits per heavy atom. The molecule has 4 heteroatoms. The number of likely N-dealkylation sites (tertiary alicyclic amines) is 1. The SMILES string of the molecule is COC1CCN(C(=O)C2CCCC2)C(CN)C1. The van der Waals surface area contributed by atoms with Crippen LogP contribution in [-0.2, 0) is 9.53 Å². The maximum atomic E-state index is 12.4. The zero-order valence-electron chi connectivity index (χ0n) is 10.7. The Bertz CT molecular complexity index is 264. The summed E-state index contributed by atoms with van der Waals surface area (Å²) < 4.78 is 5.38. The van der Waals surface area contributed by atoms with Crippen molar-refractivity contribution in [2.24, 2.45) is 11.7 Å². The van der Waals surface area contributed by atoms with E-state index >= 15 is 0 Å². The number of amides is 1. The Hall–Kier alpha value is -0.610. The van der Waals surface area contributed by atoms with Crippen LogP contribution < -0.4 is 5.73 Å². The van der Waals surface area contributed by atoms with Gasteiger partial charge in [-0.1, -0.05) is 12.8 Å². The predicted molar refractivity (Wildman–Crippen MR) is 66.5 cm³/mol. The zero-order valence-corrected chi connectivity index (χ0v) is 10.7. The number of hydrogen-bond donors (Lipinski definition) is 1. The molecule has 1 amide bonds. The van der Waals surface area contributed by atoms with E-state index in [2.05, 4.69) is 0 Å². The Labute approximate surface area is 103 Å². The molecule has 2 aliphatic rings. The Morgan fingerprint density at radius 3 is 2.65 bits per heavy atom. The van der Waals surface area contributed by atoms with E-state index in [0.717, 1.165) is 32.2 Å². The highest BCUT2D eigenvalue weighted by Gasteiger charge is 2.34. The van der Waals surface area contributed by atoms with Crippen LogP contribution in [0.3, 0.4) is 0 Å². The minimum Gasteiger partial charge on any atom is -0.381 e. The van der Waals surface area contributed by atoms with E-state index in [9.17, 15) is 4.79 Å². The maximum Gasteiger partial charge on any atom is 0.225 e. The van der Waals surface area contributed by atoms with E-state index in [1.165, 1.54) is 12.8 Å². The van der Waals surface area contributed by atoms with Crippen molar-refractivity contribution in [3.63, 3.8) is 0 Å². The second-order valence-electron chi connectivity index (χ2n) is 5.28. The predicted octanol–water partition coefficient (Wildman–Crippen LogP) is 1.14. The van der Waals surface area contributed by atoms with Gasteiger partial charge < -0.3 is 15.4 Å². The topological polar surface area (TPSA) is 55.6 Å². The first-order valence-electron chi connectivity index (χ1n) is 6.79. The van der Waals surface area contributed by atoms with Crippen molar-refractivity contribution >= 4 is 5.91 Å². The number of methoxy groups -OCH3 is 1. The molecule has 98 valence electrons. The van der Waals surface area contributed by atoms with Crippen LogP contribution in [-0.4, -0.2) is 43.2 Å². The highest BCUT2D eigenvalue weighted by Crippen LogP contribution is 2.29. The maximum absolute atomic E-state index is 12.4. The van der Waals surface area contributed by atoms with E-state index in [1.807, 2.05) is 4.90 Å². The van der Waals surface area contributed by atoms with Crippen LogP contribution in [0.15, 0.2) is 0 Å². The summed E-state index contributed by atoms with van der Waals surface area (Å²) in [5.41, 5.74) is 5.80. The molecular formula is C13H24N2O2. The molecule has 2 atom stereocenters. The Morgan fingerprint density at radius 2 is 2.06 bits per heavy atom. The van der Waals surface area contributed by atoms with Crippen molar-refractivity contribution in [1.82, 2.24) is 4.90 Å². The summed E-state index contributed by atoms with van der Waals surface area (Å²) in [6.07, 6.45) is 6.67. The molecule has 0 radical (unpaired) electrons. The first-order chi connectivity index (χ1) is 8.26. The molecule has 2 unspecified atom stereocenters. The molecular weight excluding hydrogens is 216 g/mol. The van der Waals surface area contributed by atoms with Crippen LogP contribution >= 0.6 is 0 Å². The van der Waals surface area contributed by atoms with Gasteiger partial charge in [0.05, 0.1) is 6.10 Å². The summed E-state index contributed by atoms with van der Waals surface area (Å²) in [7, 11) is 1.74. The molecule has 2 N–H and O–H groups in total. The first kappa shape index (κ1) is 12.8. The van der Waals surface area contributed by atoms with Gasteiger partial charge >= 0.3 is 0 Å². The van der Waals surface area contributed by atoms with Crippen molar-refractivity contribution < 1.29 is 9.53 Å². The standard InChI is InChI=1S/C13H24N2O2/c1-17-12-6-7-15(11(8-12)9-14)13(16)10-4-2-3-5-10/h10-12H,2-9,14H2,1H3. The second-order valence-corrected chi connectivity index (χ2v) is 5.28. The molecule has 1 saturated heterocycles. The first-order valence-corrected chi connectivity index (χ1v) is 6.79. The van der Waals surface area contributed by atoms with Crippen LogP contribution in [0, 0.1) is 5.92 Å². The number of nitrogens with zero attached hydrogens (tertiary/aromatic N) is 1. The average Bonchev–Trinajstić information content (AvgIpc) is 2.91. The van der Waals surface area contributed by atoms with E-state index in [0.29, 0.717) is 12.5 Å². The zero-order chi connectivity index (χ0) is 12.3. The molecule has 2 fully saturated rings. The Balaban J connectivity index is 1.96. The van der Waals surface area contributed by atoms with E-state index in [1.54, 1.807) is 7.11 Å². The molecule has 1 aliphatic heterocycles. The summed E-state index contributed by atoms with van der Waals surface area (Å²) in [6.45, 7) is 1.37. The normalized spacial score (nSPS) is 30.8. The van der Waals surface area contributed by atoms with Gasteiger partial charge in [-0.05, 0) is 25.7 Å². The van der Waals surface area contributed by atoms with Crippen LogP contribution in [0.4, 0.5) is 0 Å². The van der Waals surface area contributed by atoms with Gasteiger partial charge in [0.1, 0.15) is 0 Å². The minimum atomic E-state index is 0.182. The Kier molecular flexibility index (Phi) is 4.40. The molecule has 1 heterocycles. The number of ether oxygens (including phenoxy) is 1. The number of carbonyl (C=O) groups excluding carboxylic acids is 1. The third kappa shape index (κ3) is 2.80. The van der Waals surface area contributed by atoms with Crippen molar-refractivity contribution in [3.8, 4) is 0 Å². The fourth-order valence-electron chi connectivity index (χ4n) is 3.15. The molecule has 1 saturated carbocycles. The lowest BCUT2D eigenvalue weighted by molar-refractivity contribution is -0.141. The molecule has 2 rings (SSSR count). The molecule has 0 bridgehead atoms. The fraction of sp³-hybridized carbons (Fsp3) is 0.923. The lowest BCUT2D eigenvalue weighted by atomic mass is 9.96. The van der Waals surface area contributed by atoms with E-state index < -0.39 is 0 Å². The third-order valence-corrected chi connectivity index (χ3v) is 4.26. The van der Waals surface area contributed by atoms with Gasteiger partial charge in [-0.2, -0.15) is 0 Å². The number of carbonyl (C=O) groups is 1. The largest absolute Gasteiger partial charge is 0.381 e. The van der Waals surface area contributed by atoms with Crippen molar-refractivity contribution in [1.29, 1.82) is 0 Å². The second kappa shape index (κ2) is 5.83. The van der Waals surface area contributed by atoms with Crippen LogP contribution in [0.1, 0.15) is 38.5 Å². The lowest BCUT2D eigenvalue weighted by Gasteiger charge is -2.39. The van der Waals surface area contributed by atoms with Crippen molar-refractivity contribution in [2.75, 3.05) is 20.2 Å².